The Bertz CT molecular complexity index is 433. The monoisotopic (exact) mass is 208 g/mol. The number of rotatable bonds is 3. The van der Waals surface area contributed by atoms with Gasteiger partial charge in [0.15, 0.2) is 0 Å². The van der Waals surface area contributed by atoms with E-state index < -0.39 is 17.8 Å². The second kappa shape index (κ2) is 4.73. The first-order valence-corrected chi connectivity index (χ1v) is 4.48. The minimum Gasteiger partial charge on any atom is -0.389 e. The number of H-pyrrole nitrogens is 1. The molecule has 0 bridgehead atoms. The molecule has 0 saturated heterocycles. The number of aliphatic hydroxyl groups is 2. The van der Waals surface area contributed by atoms with Crippen LogP contribution in [0, 0.1) is 18.3 Å². The van der Waals surface area contributed by atoms with Crippen LogP contribution in [-0.2, 0) is 0 Å². The Morgan fingerprint density at radius 1 is 1.60 bits per heavy atom. The first kappa shape index (κ1) is 11.4. The number of aliphatic hydroxyl groups excluding tert-OH is 2. The fraction of sp³-hybridized carbons (Fsp3) is 0.400. The fourth-order valence-electron chi connectivity index (χ4n) is 1.25. The number of nitrogens with one attached hydrogen (secondary N) is 1. The second-order valence-corrected chi connectivity index (χ2v) is 3.34. The Kier molecular flexibility index (Phi) is 3.61. The summed E-state index contributed by atoms with van der Waals surface area (Å²) in [4.78, 5) is 13.7. The summed E-state index contributed by atoms with van der Waals surface area (Å²) in [6.45, 7) is 1.75. The van der Waals surface area contributed by atoms with Crippen LogP contribution in [0.5, 0.6) is 0 Å². The number of nitriles is 1. The normalized spacial score (nSPS) is 14.3. The van der Waals surface area contributed by atoms with Crippen molar-refractivity contribution < 1.29 is 10.2 Å². The van der Waals surface area contributed by atoms with Gasteiger partial charge in [-0.15, -0.1) is 0 Å². The van der Waals surface area contributed by atoms with Gasteiger partial charge in [-0.2, -0.15) is 5.26 Å². The highest BCUT2D eigenvalue weighted by Crippen LogP contribution is 2.15. The molecule has 0 saturated carbocycles. The van der Waals surface area contributed by atoms with E-state index in [1.807, 2.05) is 0 Å². The Labute approximate surface area is 86.6 Å². The molecule has 3 N–H and O–H groups in total. The summed E-state index contributed by atoms with van der Waals surface area (Å²) >= 11 is 0. The summed E-state index contributed by atoms with van der Waals surface area (Å²) in [6, 6.07) is 3.22. The number of nitrogens with zero attached hydrogens (tertiary/aromatic N) is 1. The van der Waals surface area contributed by atoms with Gasteiger partial charge < -0.3 is 15.2 Å². The van der Waals surface area contributed by atoms with Gasteiger partial charge in [0, 0.05) is 11.8 Å². The number of hydrogen-bond donors (Lipinski definition) is 3. The average molecular weight is 208 g/mol. The van der Waals surface area contributed by atoms with Gasteiger partial charge in [0.25, 0.3) is 5.56 Å². The van der Waals surface area contributed by atoms with E-state index in [4.69, 9.17) is 5.26 Å². The zero-order chi connectivity index (χ0) is 11.4. The third-order valence-corrected chi connectivity index (χ3v) is 2.06. The maximum Gasteiger partial charge on any atom is 0.253 e. The first-order chi connectivity index (χ1) is 7.06. The first-order valence-electron chi connectivity index (χ1n) is 4.48. The summed E-state index contributed by atoms with van der Waals surface area (Å²) in [5, 5.41) is 27.3. The Balaban J connectivity index is 3.01. The summed E-state index contributed by atoms with van der Waals surface area (Å²) in [6.07, 6.45) is -1.27. The molecular weight excluding hydrogens is 196 g/mol. The van der Waals surface area contributed by atoms with Gasteiger partial charge in [0.2, 0.25) is 0 Å². The van der Waals surface area contributed by atoms with Crippen LogP contribution in [-0.4, -0.2) is 21.3 Å². The maximum absolute atomic E-state index is 11.3. The lowest BCUT2D eigenvalue weighted by Gasteiger charge is -2.14. The molecule has 5 heteroatoms. The van der Waals surface area contributed by atoms with Crippen molar-refractivity contribution in [3.63, 3.8) is 0 Å². The molecule has 0 radical (unpaired) electrons. The highest BCUT2D eigenvalue weighted by Gasteiger charge is 2.20. The SMILES string of the molecule is Cc1c[nH]c(=O)c(C(O)C(O)CC#N)c1. The van der Waals surface area contributed by atoms with E-state index in [9.17, 15) is 15.0 Å². The largest absolute Gasteiger partial charge is 0.389 e. The van der Waals surface area contributed by atoms with E-state index >= 15 is 0 Å². The topological polar surface area (TPSA) is 97.1 Å². The lowest BCUT2D eigenvalue weighted by atomic mass is 10.0. The van der Waals surface area contributed by atoms with Crippen molar-refractivity contribution in [1.29, 1.82) is 5.26 Å². The van der Waals surface area contributed by atoms with Gasteiger partial charge in [0.1, 0.15) is 6.10 Å². The van der Waals surface area contributed by atoms with E-state index in [-0.39, 0.29) is 12.0 Å². The molecule has 2 unspecified atom stereocenters. The molecule has 1 aromatic heterocycles. The molecule has 1 heterocycles. The fourth-order valence-corrected chi connectivity index (χ4v) is 1.25. The Hall–Kier alpha value is -1.64. The molecule has 1 aromatic rings. The van der Waals surface area contributed by atoms with Gasteiger partial charge >= 0.3 is 0 Å². The van der Waals surface area contributed by atoms with Crippen LogP contribution in [0.4, 0.5) is 0 Å². The number of pyridine rings is 1. The number of aryl methyl sites for hydroxylation is 1. The third-order valence-electron chi connectivity index (χ3n) is 2.06. The zero-order valence-electron chi connectivity index (χ0n) is 8.27. The minimum absolute atomic E-state index is 0.0813. The molecule has 1 rings (SSSR count). The molecule has 0 fully saturated rings. The molecule has 0 aliphatic rings. The smallest absolute Gasteiger partial charge is 0.253 e. The van der Waals surface area contributed by atoms with Crippen molar-refractivity contribution in [3.05, 3.63) is 33.7 Å². The molecular formula is C10H12N2O3. The van der Waals surface area contributed by atoms with Crippen LogP contribution in [0.1, 0.15) is 23.7 Å². The van der Waals surface area contributed by atoms with Crippen molar-refractivity contribution in [2.75, 3.05) is 0 Å². The van der Waals surface area contributed by atoms with Crippen LogP contribution >= 0.6 is 0 Å². The highest BCUT2D eigenvalue weighted by atomic mass is 16.3. The molecule has 0 aliphatic carbocycles. The average Bonchev–Trinajstić information content (AvgIpc) is 2.21. The zero-order valence-corrected chi connectivity index (χ0v) is 8.27. The van der Waals surface area contributed by atoms with Crippen LogP contribution in [0.2, 0.25) is 0 Å². The van der Waals surface area contributed by atoms with Crippen LogP contribution < -0.4 is 5.56 Å². The van der Waals surface area contributed by atoms with Crippen molar-refractivity contribution in [2.45, 2.75) is 25.6 Å². The third kappa shape index (κ3) is 2.65. The Morgan fingerprint density at radius 3 is 2.87 bits per heavy atom. The number of hydrogen-bond acceptors (Lipinski definition) is 4. The molecule has 2 atom stereocenters. The molecule has 0 aromatic carbocycles. The van der Waals surface area contributed by atoms with E-state index in [1.165, 1.54) is 12.3 Å². The standard InChI is InChI=1S/C10H12N2O3/c1-6-4-7(10(15)12-5-6)9(14)8(13)2-3-11/h4-5,8-9,13-14H,2H2,1H3,(H,12,15). The van der Waals surface area contributed by atoms with E-state index in [1.54, 1.807) is 13.0 Å². The van der Waals surface area contributed by atoms with E-state index in [0.29, 0.717) is 0 Å². The summed E-state index contributed by atoms with van der Waals surface area (Å²) in [7, 11) is 0. The molecule has 15 heavy (non-hydrogen) atoms. The summed E-state index contributed by atoms with van der Waals surface area (Å²) in [5.74, 6) is 0. The predicted octanol–water partition coefficient (Wildman–Crippen LogP) is -0.00870. The highest BCUT2D eigenvalue weighted by molar-refractivity contribution is 5.20. The molecule has 80 valence electrons. The van der Waals surface area contributed by atoms with Crippen molar-refractivity contribution >= 4 is 0 Å². The van der Waals surface area contributed by atoms with Gasteiger partial charge in [-0.3, -0.25) is 4.79 Å². The lowest BCUT2D eigenvalue weighted by molar-refractivity contribution is 0.0207. The molecule has 0 spiro atoms. The predicted molar refractivity (Wildman–Crippen MR) is 53.0 cm³/mol. The number of aromatic nitrogens is 1. The number of aromatic amines is 1. The molecule has 0 aliphatic heterocycles. The second-order valence-electron chi connectivity index (χ2n) is 3.34. The maximum atomic E-state index is 11.3. The van der Waals surface area contributed by atoms with Crippen LogP contribution in [0.3, 0.4) is 0 Å². The van der Waals surface area contributed by atoms with Crippen molar-refractivity contribution in [3.8, 4) is 6.07 Å². The van der Waals surface area contributed by atoms with Gasteiger partial charge in [0.05, 0.1) is 18.6 Å². The van der Waals surface area contributed by atoms with Gasteiger partial charge in [-0.25, -0.2) is 0 Å². The lowest BCUT2D eigenvalue weighted by Crippen LogP contribution is -2.25. The minimum atomic E-state index is -1.33. The van der Waals surface area contributed by atoms with Crippen molar-refractivity contribution in [1.82, 2.24) is 4.98 Å². The molecule has 5 nitrogen and oxygen atoms in total. The van der Waals surface area contributed by atoms with E-state index in [2.05, 4.69) is 4.98 Å². The van der Waals surface area contributed by atoms with Gasteiger partial charge in [-0.1, -0.05) is 0 Å². The van der Waals surface area contributed by atoms with Gasteiger partial charge in [-0.05, 0) is 18.6 Å². The van der Waals surface area contributed by atoms with Crippen LogP contribution in [0.25, 0.3) is 0 Å². The van der Waals surface area contributed by atoms with E-state index in [0.717, 1.165) is 5.56 Å². The summed E-state index contributed by atoms with van der Waals surface area (Å²) < 4.78 is 0. The molecule has 0 amide bonds. The Morgan fingerprint density at radius 2 is 2.27 bits per heavy atom. The summed E-state index contributed by atoms with van der Waals surface area (Å²) in [5.41, 5.74) is 0.399. The quantitative estimate of drug-likeness (QED) is 0.650. The van der Waals surface area contributed by atoms with Crippen LogP contribution in [0.15, 0.2) is 17.1 Å². The van der Waals surface area contributed by atoms with Crippen molar-refractivity contribution in [2.24, 2.45) is 0 Å².